The number of nitrogens with zero attached hydrogens (tertiary/aromatic N) is 4. The molecule has 3 N–H and O–H groups in total. The lowest BCUT2D eigenvalue weighted by atomic mass is 9.98. The summed E-state index contributed by atoms with van der Waals surface area (Å²) >= 11 is 0. The average Bonchev–Trinajstić information content (AvgIpc) is 3.08. The average molecular weight is 409 g/mol. The van der Waals surface area contributed by atoms with Gasteiger partial charge in [-0.15, -0.1) is 0 Å². The summed E-state index contributed by atoms with van der Waals surface area (Å²) in [5.74, 6) is 1.45. The lowest BCUT2D eigenvalue weighted by Crippen LogP contribution is -2.30. The minimum atomic E-state index is -0.160. The van der Waals surface area contributed by atoms with E-state index >= 15 is 0 Å². The maximum Gasteiger partial charge on any atom is 0.265 e. The minimum Gasteiger partial charge on any atom is -0.351 e. The molecule has 3 rings (SSSR count). The Balaban J connectivity index is 1.92. The highest BCUT2D eigenvalue weighted by Crippen LogP contribution is 2.44. The number of fused-ring (bicyclic) bond motifs is 1. The van der Waals surface area contributed by atoms with Gasteiger partial charge in [-0.3, -0.25) is 4.79 Å². The third-order valence-corrected chi connectivity index (χ3v) is 5.44. The largest absolute Gasteiger partial charge is 0.351 e. The molecule has 0 saturated carbocycles. The zero-order valence-electron chi connectivity index (χ0n) is 18.4. The summed E-state index contributed by atoms with van der Waals surface area (Å²) in [4.78, 5) is 28.2. The fourth-order valence-corrected chi connectivity index (χ4v) is 3.75. The van der Waals surface area contributed by atoms with Gasteiger partial charge in [-0.1, -0.05) is 32.0 Å². The third kappa shape index (κ3) is 4.84. The van der Waals surface area contributed by atoms with E-state index in [-0.39, 0.29) is 5.91 Å². The quantitative estimate of drug-likeness (QED) is 0.650. The van der Waals surface area contributed by atoms with E-state index in [1.807, 2.05) is 13.0 Å². The van der Waals surface area contributed by atoms with Crippen LogP contribution in [-0.4, -0.2) is 41.2 Å². The Morgan fingerprint density at radius 2 is 2.10 bits per heavy atom. The zero-order chi connectivity index (χ0) is 21.7. The number of nitrogens with one attached hydrogen (secondary N) is 1. The first kappa shape index (κ1) is 21.9. The molecule has 2 heterocycles. The Hall–Kier alpha value is -2.80. The van der Waals surface area contributed by atoms with E-state index < -0.39 is 0 Å². The monoisotopic (exact) mass is 408 g/mol. The van der Waals surface area contributed by atoms with Crippen molar-refractivity contribution in [3.05, 3.63) is 41.9 Å². The first-order valence-corrected chi connectivity index (χ1v) is 10.6. The predicted octanol–water partition coefficient (Wildman–Crippen LogP) is 3.62. The summed E-state index contributed by atoms with van der Waals surface area (Å²) in [5.41, 5.74) is 10.0. The Kier molecular flexibility index (Phi) is 7.15. The highest BCUT2D eigenvalue weighted by atomic mass is 16.1. The first-order valence-electron chi connectivity index (χ1n) is 10.6. The molecule has 1 aliphatic rings. The van der Waals surface area contributed by atoms with Crippen LogP contribution in [0.2, 0.25) is 0 Å². The van der Waals surface area contributed by atoms with Crippen molar-refractivity contribution in [3.8, 4) is 0 Å². The molecule has 1 atom stereocenters. The van der Waals surface area contributed by atoms with Gasteiger partial charge in [0, 0.05) is 24.7 Å². The second-order valence-corrected chi connectivity index (χ2v) is 8.21. The van der Waals surface area contributed by atoms with Crippen LogP contribution in [0.15, 0.2) is 35.6 Å². The Bertz CT molecular complexity index is 924. The molecule has 1 unspecified atom stereocenters. The van der Waals surface area contributed by atoms with E-state index in [4.69, 9.17) is 5.73 Å². The number of hydrogen-bond acceptors (Lipinski definition) is 6. The second-order valence-electron chi connectivity index (χ2n) is 8.21. The maximum absolute atomic E-state index is 12.5. The third-order valence-electron chi connectivity index (χ3n) is 5.44. The number of aromatic nitrogens is 2. The summed E-state index contributed by atoms with van der Waals surface area (Å²) in [6.07, 6.45) is 3.40. The minimum absolute atomic E-state index is 0.160. The topological polar surface area (TPSA) is 96.5 Å². The fourth-order valence-electron chi connectivity index (χ4n) is 3.75. The number of hydrogen-bond donors (Lipinski definition) is 2. The van der Waals surface area contributed by atoms with Crippen molar-refractivity contribution in [1.29, 1.82) is 0 Å². The van der Waals surface area contributed by atoms with Gasteiger partial charge < -0.3 is 16.0 Å². The van der Waals surface area contributed by atoms with Crippen LogP contribution in [0.3, 0.4) is 0 Å². The molecule has 2 aromatic rings. The number of aryl methyl sites for hydroxylation is 1. The molecule has 0 bridgehead atoms. The molecule has 0 aliphatic carbocycles. The summed E-state index contributed by atoms with van der Waals surface area (Å²) in [6, 6.07) is 8.34. The Morgan fingerprint density at radius 1 is 1.33 bits per heavy atom. The molecule has 1 aliphatic heterocycles. The van der Waals surface area contributed by atoms with Crippen LogP contribution in [0.4, 0.5) is 17.2 Å². The molecule has 1 aromatic heterocycles. The Labute approximate surface area is 178 Å². The number of carbonyl (C=O) groups excluding carboxylic acids is 1. The van der Waals surface area contributed by atoms with Gasteiger partial charge in [-0.25, -0.2) is 15.0 Å². The standard InChI is InChI=1S/C23H32N6O/c1-15(2)10-12-25-23(30)17(4)28-21-16(3)26-14-27-22(21)29-13-18(9-11-24)19-7-5-6-8-20(19)29/h5-8,14-15,18H,9-13,24H2,1-4H3,(H,25,30). The summed E-state index contributed by atoms with van der Waals surface area (Å²) in [7, 11) is 0. The normalized spacial score (nSPS) is 16.1. The number of amides is 1. The van der Waals surface area contributed by atoms with Gasteiger partial charge in [0.15, 0.2) is 5.82 Å². The Morgan fingerprint density at radius 3 is 2.83 bits per heavy atom. The maximum atomic E-state index is 12.5. The molecule has 7 nitrogen and oxygen atoms in total. The lowest BCUT2D eigenvalue weighted by molar-refractivity contribution is -0.114. The van der Waals surface area contributed by atoms with Crippen LogP contribution in [0.5, 0.6) is 0 Å². The fraction of sp³-hybridized carbons (Fsp3) is 0.478. The van der Waals surface area contributed by atoms with Gasteiger partial charge >= 0.3 is 0 Å². The molecule has 30 heavy (non-hydrogen) atoms. The van der Waals surface area contributed by atoms with E-state index in [0.717, 1.165) is 36.6 Å². The summed E-state index contributed by atoms with van der Waals surface area (Å²) in [5, 5.41) is 2.94. The molecular weight excluding hydrogens is 376 g/mol. The summed E-state index contributed by atoms with van der Waals surface area (Å²) < 4.78 is 0. The van der Waals surface area contributed by atoms with Crippen LogP contribution in [0.25, 0.3) is 0 Å². The van der Waals surface area contributed by atoms with Crippen LogP contribution in [-0.2, 0) is 4.79 Å². The van der Waals surface area contributed by atoms with Crippen molar-refractivity contribution < 1.29 is 4.79 Å². The second kappa shape index (κ2) is 9.80. The number of anilines is 2. The highest BCUT2D eigenvalue weighted by molar-refractivity contribution is 6.38. The van der Waals surface area contributed by atoms with Gasteiger partial charge in [0.05, 0.1) is 5.69 Å². The summed E-state index contributed by atoms with van der Waals surface area (Å²) in [6.45, 7) is 9.96. The SMILES string of the molecule is CC(=Nc1c(C)ncnc1N1CC(CCN)c2ccccc21)C(=O)NCCC(C)C. The van der Waals surface area contributed by atoms with Gasteiger partial charge in [-0.05, 0) is 50.8 Å². The van der Waals surface area contributed by atoms with E-state index in [0.29, 0.717) is 36.3 Å². The van der Waals surface area contributed by atoms with Gasteiger partial charge in [0.1, 0.15) is 17.7 Å². The molecule has 0 fully saturated rings. The molecule has 7 heteroatoms. The molecule has 0 radical (unpaired) electrons. The number of aliphatic imine (C=N–C) groups is 1. The van der Waals surface area contributed by atoms with Crippen LogP contribution >= 0.6 is 0 Å². The van der Waals surface area contributed by atoms with E-state index in [9.17, 15) is 4.79 Å². The smallest absolute Gasteiger partial charge is 0.265 e. The van der Waals surface area contributed by atoms with Crippen molar-refractivity contribution >= 4 is 28.8 Å². The van der Waals surface area contributed by atoms with E-state index in [1.54, 1.807) is 13.3 Å². The van der Waals surface area contributed by atoms with Crippen molar-refractivity contribution in [2.24, 2.45) is 16.6 Å². The first-order chi connectivity index (χ1) is 14.4. The van der Waals surface area contributed by atoms with Crippen LogP contribution < -0.4 is 16.0 Å². The highest BCUT2D eigenvalue weighted by Gasteiger charge is 2.31. The van der Waals surface area contributed by atoms with Crippen molar-refractivity contribution in [3.63, 3.8) is 0 Å². The number of rotatable bonds is 8. The molecule has 0 saturated heterocycles. The molecule has 1 aromatic carbocycles. The zero-order valence-corrected chi connectivity index (χ0v) is 18.4. The van der Waals surface area contributed by atoms with E-state index in [1.165, 1.54) is 5.56 Å². The van der Waals surface area contributed by atoms with Gasteiger partial charge in [0.25, 0.3) is 5.91 Å². The van der Waals surface area contributed by atoms with Crippen LogP contribution in [0.1, 0.15) is 50.8 Å². The molecule has 1 amide bonds. The number of carbonyl (C=O) groups is 1. The number of nitrogens with two attached hydrogens (primary N) is 1. The van der Waals surface area contributed by atoms with Gasteiger partial charge in [-0.2, -0.15) is 0 Å². The number of benzene rings is 1. The lowest BCUT2D eigenvalue weighted by Gasteiger charge is -2.21. The predicted molar refractivity (Wildman–Crippen MR) is 122 cm³/mol. The molecule has 0 spiro atoms. The molecule has 160 valence electrons. The van der Waals surface area contributed by atoms with Crippen molar-refractivity contribution in [2.45, 2.75) is 46.5 Å². The van der Waals surface area contributed by atoms with E-state index in [2.05, 4.69) is 57.2 Å². The van der Waals surface area contributed by atoms with Crippen molar-refractivity contribution in [2.75, 3.05) is 24.5 Å². The van der Waals surface area contributed by atoms with Crippen LogP contribution in [0, 0.1) is 12.8 Å². The van der Waals surface area contributed by atoms with Gasteiger partial charge in [0.2, 0.25) is 0 Å². The molecular formula is C23H32N6O. The van der Waals surface area contributed by atoms with Crippen molar-refractivity contribution in [1.82, 2.24) is 15.3 Å². The number of para-hydroxylation sites is 1.